The molecular weight excluding hydrogens is 362 g/mol. The van der Waals surface area contributed by atoms with E-state index in [2.05, 4.69) is 5.32 Å². The van der Waals surface area contributed by atoms with Crippen LogP contribution in [0.3, 0.4) is 0 Å². The number of oxazole rings is 1. The maximum Gasteiger partial charge on any atom is 0.420 e. The van der Waals surface area contributed by atoms with E-state index in [4.69, 9.17) is 9.15 Å². The number of likely N-dealkylation sites (tertiary alicyclic amines) is 1. The van der Waals surface area contributed by atoms with Crippen molar-refractivity contribution in [2.75, 3.05) is 25.0 Å². The summed E-state index contributed by atoms with van der Waals surface area (Å²) in [6, 6.07) is 4.98. The summed E-state index contributed by atoms with van der Waals surface area (Å²) in [4.78, 5) is 39.1. The van der Waals surface area contributed by atoms with Crippen molar-refractivity contribution >= 4 is 28.6 Å². The van der Waals surface area contributed by atoms with E-state index >= 15 is 0 Å². The Labute approximate surface area is 162 Å². The van der Waals surface area contributed by atoms with E-state index in [1.807, 2.05) is 6.92 Å². The van der Waals surface area contributed by atoms with Gasteiger partial charge in [0.2, 0.25) is 5.91 Å². The molecule has 0 aliphatic carbocycles. The largest absolute Gasteiger partial charge is 0.420 e. The Kier molecular flexibility index (Phi) is 5.21. The zero-order valence-electron chi connectivity index (χ0n) is 16.0. The number of aromatic nitrogens is 1. The normalized spacial score (nSPS) is 22.5. The number of ether oxygens (including phenoxy) is 1. The predicted octanol–water partition coefficient (Wildman–Crippen LogP) is 1.97. The fraction of sp³-hybridized carbons (Fsp3) is 0.550. The quantitative estimate of drug-likeness (QED) is 0.866. The lowest BCUT2D eigenvalue weighted by Gasteiger charge is -2.26. The first-order valence-electron chi connectivity index (χ1n) is 9.86. The standard InChI is InChI=1S/C20H25N3O5/c1-13-7-10-27-18(13)19(25)21-14-5-6-16-15(11-14)23(20(26)28-16)12-17(24)22-8-3-2-4-9-22/h5-6,11,13,18H,2-4,7-10,12H2,1H3,(H,21,25)/t13-,18+/m0/s1. The van der Waals surface area contributed by atoms with Crippen LogP contribution in [-0.4, -0.2) is 47.1 Å². The van der Waals surface area contributed by atoms with Crippen molar-refractivity contribution in [3.63, 3.8) is 0 Å². The molecule has 150 valence electrons. The van der Waals surface area contributed by atoms with E-state index in [-0.39, 0.29) is 24.3 Å². The SMILES string of the molecule is C[C@H]1CCO[C@H]1C(=O)Nc1ccc2oc(=O)n(CC(=O)N3CCCCC3)c2c1. The molecule has 0 bridgehead atoms. The minimum Gasteiger partial charge on any atom is -0.408 e. The highest BCUT2D eigenvalue weighted by molar-refractivity contribution is 5.96. The van der Waals surface area contributed by atoms with Crippen molar-refractivity contribution in [2.45, 2.75) is 45.3 Å². The minimum atomic E-state index is -0.573. The Morgan fingerprint density at radius 3 is 2.71 bits per heavy atom. The molecule has 2 aromatic rings. The molecule has 2 aliphatic heterocycles. The molecule has 1 aromatic heterocycles. The molecule has 0 radical (unpaired) electrons. The Hall–Kier alpha value is -2.61. The molecule has 3 heterocycles. The van der Waals surface area contributed by atoms with Crippen LogP contribution in [0.25, 0.3) is 11.1 Å². The first kappa shape index (κ1) is 18.7. The van der Waals surface area contributed by atoms with E-state index in [1.165, 1.54) is 4.57 Å². The van der Waals surface area contributed by atoms with Crippen LogP contribution in [0.4, 0.5) is 5.69 Å². The number of amides is 2. The van der Waals surface area contributed by atoms with Crippen LogP contribution in [0.2, 0.25) is 0 Å². The summed E-state index contributed by atoms with van der Waals surface area (Å²) in [7, 11) is 0. The fourth-order valence-corrected chi connectivity index (χ4v) is 3.91. The summed E-state index contributed by atoms with van der Waals surface area (Å²) >= 11 is 0. The van der Waals surface area contributed by atoms with Gasteiger partial charge in [-0.25, -0.2) is 4.79 Å². The van der Waals surface area contributed by atoms with Crippen molar-refractivity contribution in [1.82, 2.24) is 9.47 Å². The second-order valence-electron chi connectivity index (χ2n) is 7.62. The summed E-state index contributed by atoms with van der Waals surface area (Å²) < 4.78 is 12.1. The van der Waals surface area contributed by atoms with E-state index in [9.17, 15) is 14.4 Å². The summed E-state index contributed by atoms with van der Waals surface area (Å²) in [5.41, 5.74) is 1.42. The number of benzene rings is 1. The van der Waals surface area contributed by atoms with Gasteiger partial charge in [-0.05, 0) is 49.8 Å². The van der Waals surface area contributed by atoms with E-state index in [0.717, 1.165) is 38.8 Å². The van der Waals surface area contributed by atoms with E-state index < -0.39 is 11.9 Å². The number of fused-ring (bicyclic) bond motifs is 1. The monoisotopic (exact) mass is 387 g/mol. The highest BCUT2D eigenvalue weighted by Crippen LogP contribution is 2.23. The first-order chi connectivity index (χ1) is 13.5. The van der Waals surface area contributed by atoms with Crippen LogP contribution in [0.5, 0.6) is 0 Å². The average Bonchev–Trinajstić information content (AvgIpc) is 3.26. The van der Waals surface area contributed by atoms with Crippen LogP contribution < -0.4 is 11.1 Å². The van der Waals surface area contributed by atoms with Gasteiger partial charge in [0.05, 0.1) is 5.52 Å². The molecule has 1 N–H and O–H groups in total. The summed E-state index contributed by atoms with van der Waals surface area (Å²) in [5.74, 6) is -0.701. The predicted molar refractivity (Wildman–Crippen MR) is 103 cm³/mol. The number of nitrogens with one attached hydrogen (secondary N) is 1. The molecule has 0 spiro atoms. The molecule has 8 nitrogen and oxygen atoms in total. The van der Waals surface area contributed by atoms with Gasteiger partial charge in [0.15, 0.2) is 5.58 Å². The molecule has 2 amide bonds. The Bertz CT molecular complexity index is 941. The van der Waals surface area contributed by atoms with Gasteiger partial charge in [0, 0.05) is 25.4 Å². The van der Waals surface area contributed by atoms with Crippen LogP contribution >= 0.6 is 0 Å². The van der Waals surface area contributed by atoms with E-state index in [0.29, 0.717) is 23.4 Å². The molecule has 0 unspecified atom stereocenters. The molecule has 0 saturated carbocycles. The highest BCUT2D eigenvalue weighted by Gasteiger charge is 2.31. The number of anilines is 1. The third-order valence-corrected chi connectivity index (χ3v) is 5.58. The maximum atomic E-state index is 12.6. The van der Waals surface area contributed by atoms with Crippen molar-refractivity contribution < 1.29 is 18.7 Å². The average molecular weight is 387 g/mol. The zero-order chi connectivity index (χ0) is 19.7. The molecule has 2 saturated heterocycles. The number of hydrogen-bond acceptors (Lipinski definition) is 5. The Morgan fingerprint density at radius 2 is 2.00 bits per heavy atom. The van der Waals surface area contributed by atoms with Crippen molar-refractivity contribution in [3.8, 4) is 0 Å². The van der Waals surface area contributed by atoms with Gasteiger partial charge >= 0.3 is 5.76 Å². The lowest BCUT2D eigenvalue weighted by atomic mass is 10.0. The van der Waals surface area contributed by atoms with Crippen molar-refractivity contribution in [3.05, 3.63) is 28.7 Å². The first-order valence-corrected chi connectivity index (χ1v) is 9.86. The number of piperidine rings is 1. The van der Waals surface area contributed by atoms with Gasteiger partial charge in [-0.3, -0.25) is 14.2 Å². The molecule has 8 heteroatoms. The van der Waals surface area contributed by atoms with Crippen molar-refractivity contribution in [1.29, 1.82) is 0 Å². The Morgan fingerprint density at radius 1 is 1.21 bits per heavy atom. The van der Waals surface area contributed by atoms with Crippen LogP contribution in [0.1, 0.15) is 32.6 Å². The minimum absolute atomic E-state index is 0.0635. The highest BCUT2D eigenvalue weighted by atomic mass is 16.5. The van der Waals surface area contributed by atoms with Crippen molar-refractivity contribution in [2.24, 2.45) is 5.92 Å². The van der Waals surface area contributed by atoms with Gasteiger partial charge in [-0.1, -0.05) is 6.92 Å². The summed E-state index contributed by atoms with van der Waals surface area (Å²) in [6.45, 7) is 3.96. The van der Waals surface area contributed by atoms with Gasteiger partial charge in [-0.2, -0.15) is 0 Å². The number of carbonyl (C=O) groups excluding carboxylic acids is 2. The fourth-order valence-electron chi connectivity index (χ4n) is 3.91. The van der Waals surface area contributed by atoms with E-state index in [1.54, 1.807) is 23.1 Å². The summed E-state index contributed by atoms with van der Waals surface area (Å²) in [5, 5.41) is 2.84. The Balaban J connectivity index is 1.55. The lowest BCUT2D eigenvalue weighted by molar-refractivity contribution is -0.132. The van der Waals surface area contributed by atoms with Crippen LogP contribution in [-0.2, 0) is 20.9 Å². The molecular formula is C20H25N3O5. The third kappa shape index (κ3) is 3.69. The molecule has 1 aromatic carbocycles. The van der Waals surface area contributed by atoms with Crippen LogP contribution in [0, 0.1) is 5.92 Å². The summed E-state index contributed by atoms with van der Waals surface area (Å²) in [6.07, 6.45) is 3.50. The second kappa shape index (κ2) is 7.79. The zero-order valence-corrected chi connectivity index (χ0v) is 16.0. The smallest absolute Gasteiger partial charge is 0.408 e. The van der Waals surface area contributed by atoms with Gasteiger partial charge in [0.25, 0.3) is 5.91 Å². The maximum absolute atomic E-state index is 12.6. The number of nitrogens with zero attached hydrogens (tertiary/aromatic N) is 2. The van der Waals surface area contributed by atoms with Gasteiger partial charge < -0.3 is 19.4 Å². The molecule has 2 aliphatic rings. The van der Waals surface area contributed by atoms with Gasteiger partial charge in [0.1, 0.15) is 12.6 Å². The number of rotatable bonds is 4. The molecule has 4 rings (SSSR count). The molecule has 2 fully saturated rings. The number of hydrogen-bond donors (Lipinski definition) is 1. The number of carbonyl (C=O) groups is 2. The topological polar surface area (TPSA) is 93.8 Å². The van der Waals surface area contributed by atoms with Gasteiger partial charge in [-0.15, -0.1) is 0 Å². The third-order valence-electron chi connectivity index (χ3n) is 5.58. The lowest BCUT2D eigenvalue weighted by Crippen LogP contribution is -2.39. The molecule has 28 heavy (non-hydrogen) atoms. The second-order valence-corrected chi connectivity index (χ2v) is 7.62. The van der Waals surface area contributed by atoms with Crippen LogP contribution in [0.15, 0.2) is 27.4 Å². The molecule has 2 atom stereocenters.